The Balaban J connectivity index is 1.50. The summed E-state index contributed by atoms with van der Waals surface area (Å²) >= 11 is 0. The second-order valence-corrected chi connectivity index (χ2v) is 7.51. The van der Waals surface area contributed by atoms with Crippen molar-refractivity contribution in [2.45, 2.75) is 45.2 Å². The summed E-state index contributed by atoms with van der Waals surface area (Å²) in [5.41, 5.74) is 1.53. The Morgan fingerprint density at radius 2 is 2.08 bits per heavy atom. The minimum Gasteiger partial charge on any atom is -0.334 e. The van der Waals surface area contributed by atoms with Gasteiger partial charge >= 0.3 is 6.03 Å². The highest BCUT2D eigenvalue weighted by Crippen LogP contribution is 2.39. The number of fused-ring (bicyclic) bond motifs is 2. The molecule has 5 nitrogen and oxygen atoms in total. The lowest BCUT2D eigenvalue weighted by Gasteiger charge is -2.32. The first-order valence-electron chi connectivity index (χ1n) is 9.29. The first kappa shape index (κ1) is 16.2. The molecule has 2 aliphatic rings. The maximum atomic E-state index is 12.8. The summed E-state index contributed by atoms with van der Waals surface area (Å²) in [6.45, 7) is 3.49. The number of amides is 2. The maximum absolute atomic E-state index is 12.8. The van der Waals surface area contributed by atoms with Gasteiger partial charge in [-0.2, -0.15) is 0 Å². The van der Waals surface area contributed by atoms with Crippen LogP contribution in [0.2, 0.25) is 0 Å². The zero-order valence-corrected chi connectivity index (χ0v) is 14.6. The summed E-state index contributed by atoms with van der Waals surface area (Å²) < 4.78 is 0. The molecule has 0 bridgehead atoms. The van der Waals surface area contributed by atoms with E-state index < -0.39 is 0 Å². The lowest BCUT2D eigenvalue weighted by molar-refractivity contribution is 0.168. The highest BCUT2D eigenvalue weighted by molar-refractivity contribution is 5.82. The Labute approximate surface area is 147 Å². The minimum atomic E-state index is -0.134. The Kier molecular flexibility index (Phi) is 4.24. The van der Waals surface area contributed by atoms with Gasteiger partial charge in [0, 0.05) is 36.1 Å². The number of aromatic amines is 1. The molecule has 3 atom stereocenters. The first-order chi connectivity index (χ1) is 12.1. The summed E-state index contributed by atoms with van der Waals surface area (Å²) in [6, 6.07) is 9.68. The number of likely N-dealkylation sites (tertiary alicyclic amines) is 1. The third kappa shape index (κ3) is 3.03. The molecule has 2 N–H and O–H groups in total. The van der Waals surface area contributed by atoms with Gasteiger partial charge in [-0.15, -0.1) is 0 Å². The molecule has 1 aromatic heterocycles. The van der Waals surface area contributed by atoms with E-state index in [0.29, 0.717) is 24.4 Å². The van der Waals surface area contributed by atoms with Crippen molar-refractivity contribution in [1.29, 1.82) is 0 Å². The Morgan fingerprint density at radius 3 is 2.96 bits per heavy atom. The highest BCUT2D eigenvalue weighted by Gasteiger charge is 2.42. The van der Waals surface area contributed by atoms with Gasteiger partial charge in [-0.3, -0.25) is 4.79 Å². The van der Waals surface area contributed by atoms with Crippen LogP contribution in [0, 0.1) is 11.8 Å². The number of nitrogens with zero attached hydrogens (tertiary/aromatic N) is 1. The highest BCUT2D eigenvalue weighted by atomic mass is 16.2. The quantitative estimate of drug-likeness (QED) is 0.882. The van der Waals surface area contributed by atoms with Crippen molar-refractivity contribution in [1.82, 2.24) is 15.2 Å². The predicted molar refractivity (Wildman–Crippen MR) is 98.4 cm³/mol. The third-order valence-electron chi connectivity index (χ3n) is 5.92. The summed E-state index contributed by atoms with van der Waals surface area (Å²) in [5.74, 6) is 1.23. The van der Waals surface area contributed by atoms with Gasteiger partial charge in [0.25, 0.3) is 0 Å². The topological polar surface area (TPSA) is 65.2 Å². The van der Waals surface area contributed by atoms with Crippen molar-refractivity contribution in [3.8, 4) is 0 Å². The average molecular weight is 339 g/mol. The Hall–Kier alpha value is -2.30. The molecule has 2 amide bonds. The molecule has 2 fully saturated rings. The molecule has 0 radical (unpaired) electrons. The molecule has 132 valence electrons. The molecule has 2 aromatic rings. The summed E-state index contributed by atoms with van der Waals surface area (Å²) in [4.78, 5) is 29.5. The Bertz CT molecular complexity index is 844. The number of nitrogens with one attached hydrogen (secondary N) is 2. The van der Waals surface area contributed by atoms with Gasteiger partial charge in [0.1, 0.15) is 0 Å². The smallest absolute Gasteiger partial charge is 0.317 e. The number of aromatic nitrogens is 1. The zero-order valence-electron chi connectivity index (χ0n) is 14.6. The van der Waals surface area contributed by atoms with Gasteiger partial charge in [-0.05, 0) is 36.3 Å². The Morgan fingerprint density at radius 1 is 1.28 bits per heavy atom. The number of pyridine rings is 1. The lowest BCUT2D eigenvalue weighted by atomic mass is 9.80. The van der Waals surface area contributed by atoms with E-state index in [0.717, 1.165) is 29.4 Å². The number of H-pyrrole nitrogens is 1. The molecular formula is C20H25N3O2. The van der Waals surface area contributed by atoms with Gasteiger partial charge in [0.15, 0.2) is 0 Å². The molecule has 0 spiro atoms. The maximum Gasteiger partial charge on any atom is 0.317 e. The van der Waals surface area contributed by atoms with Crippen LogP contribution < -0.4 is 10.9 Å². The normalized spacial score (nSPS) is 25.8. The fourth-order valence-electron chi connectivity index (χ4n) is 4.70. The number of hydrogen-bond acceptors (Lipinski definition) is 2. The molecule has 4 rings (SSSR count). The van der Waals surface area contributed by atoms with E-state index in [2.05, 4.69) is 17.2 Å². The fourth-order valence-corrected chi connectivity index (χ4v) is 4.70. The summed E-state index contributed by atoms with van der Waals surface area (Å²) in [5, 5.41) is 4.03. The van der Waals surface area contributed by atoms with Gasteiger partial charge in [-0.1, -0.05) is 38.0 Å². The summed E-state index contributed by atoms with van der Waals surface area (Å²) in [6.07, 6.45) is 4.88. The number of rotatable bonds is 2. The van der Waals surface area contributed by atoms with E-state index >= 15 is 0 Å². The third-order valence-corrected chi connectivity index (χ3v) is 5.92. The zero-order chi connectivity index (χ0) is 17.4. The predicted octanol–water partition coefficient (Wildman–Crippen LogP) is 3.25. The molecule has 25 heavy (non-hydrogen) atoms. The SMILES string of the molecule is C[C@@H]1CN(C(=O)NCc2cc(=O)[nH]c3ccccc23)[C@@H]2CCCC[C@@H]12. The van der Waals surface area contributed by atoms with Crippen molar-refractivity contribution in [2.75, 3.05) is 6.54 Å². The average Bonchev–Trinajstić information content (AvgIpc) is 2.96. The summed E-state index contributed by atoms with van der Waals surface area (Å²) in [7, 11) is 0. The van der Waals surface area contributed by atoms with Gasteiger partial charge in [0.05, 0.1) is 0 Å². The van der Waals surface area contributed by atoms with Crippen LogP contribution in [0.25, 0.3) is 10.9 Å². The van der Waals surface area contributed by atoms with Gasteiger partial charge < -0.3 is 15.2 Å². The van der Waals surface area contributed by atoms with E-state index in [1.807, 2.05) is 29.2 Å². The molecule has 2 heterocycles. The molecule has 0 unspecified atom stereocenters. The molecule has 1 aromatic carbocycles. The second-order valence-electron chi connectivity index (χ2n) is 7.51. The number of para-hydroxylation sites is 1. The molecule has 5 heteroatoms. The van der Waals surface area contributed by atoms with Crippen molar-refractivity contribution in [3.05, 3.63) is 46.2 Å². The van der Waals surface area contributed by atoms with Crippen molar-refractivity contribution < 1.29 is 4.79 Å². The molecule has 1 aliphatic carbocycles. The number of carbonyl (C=O) groups is 1. The number of urea groups is 1. The van der Waals surface area contributed by atoms with Crippen LogP contribution in [-0.2, 0) is 6.54 Å². The van der Waals surface area contributed by atoms with Crippen LogP contribution in [0.15, 0.2) is 35.1 Å². The van der Waals surface area contributed by atoms with Crippen molar-refractivity contribution >= 4 is 16.9 Å². The van der Waals surface area contributed by atoms with Crippen molar-refractivity contribution in [3.63, 3.8) is 0 Å². The number of benzene rings is 1. The van der Waals surface area contributed by atoms with Crippen LogP contribution in [0.4, 0.5) is 4.79 Å². The van der Waals surface area contributed by atoms with E-state index in [-0.39, 0.29) is 11.6 Å². The van der Waals surface area contributed by atoms with E-state index in [9.17, 15) is 9.59 Å². The van der Waals surface area contributed by atoms with E-state index in [1.165, 1.54) is 19.3 Å². The first-order valence-corrected chi connectivity index (χ1v) is 9.29. The largest absolute Gasteiger partial charge is 0.334 e. The van der Waals surface area contributed by atoms with E-state index in [4.69, 9.17) is 0 Å². The molecular weight excluding hydrogens is 314 g/mol. The number of carbonyl (C=O) groups excluding carboxylic acids is 1. The molecule has 1 saturated carbocycles. The fraction of sp³-hybridized carbons (Fsp3) is 0.500. The standard InChI is InChI=1S/C20H25N3O2/c1-13-12-23(18-9-5-3-6-15(13)18)20(25)21-11-14-10-19(24)22-17-8-4-2-7-16(14)17/h2,4,7-8,10,13,15,18H,3,5-6,9,11-12H2,1H3,(H,21,25)(H,22,24)/t13-,15+,18-/m1/s1. The minimum absolute atomic E-state index is 0.00520. The van der Waals surface area contributed by atoms with Crippen LogP contribution in [-0.4, -0.2) is 28.5 Å². The van der Waals surface area contributed by atoms with Crippen molar-refractivity contribution in [2.24, 2.45) is 11.8 Å². The lowest BCUT2D eigenvalue weighted by Crippen LogP contribution is -2.44. The monoisotopic (exact) mass is 339 g/mol. The second kappa shape index (κ2) is 6.54. The van der Waals surface area contributed by atoms with Gasteiger partial charge in [0.2, 0.25) is 5.56 Å². The van der Waals surface area contributed by atoms with E-state index in [1.54, 1.807) is 6.07 Å². The van der Waals surface area contributed by atoms with Gasteiger partial charge in [-0.25, -0.2) is 4.79 Å². The van der Waals surface area contributed by atoms with Crippen LogP contribution >= 0.6 is 0 Å². The van der Waals surface area contributed by atoms with Crippen LogP contribution in [0.1, 0.15) is 38.2 Å². The van der Waals surface area contributed by atoms with Crippen LogP contribution in [0.5, 0.6) is 0 Å². The number of hydrogen-bond donors (Lipinski definition) is 2. The molecule has 1 saturated heterocycles. The molecule has 1 aliphatic heterocycles. The van der Waals surface area contributed by atoms with Crippen LogP contribution in [0.3, 0.4) is 0 Å².